The van der Waals surface area contributed by atoms with Crippen LogP contribution < -0.4 is 0 Å². The Balaban J connectivity index is 1.33. The number of hydrogen-bond donors (Lipinski definition) is 3. The average Bonchev–Trinajstić information content (AvgIpc) is 3.53. The van der Waals surface area contributed by atoms with Crippen molar-refractivity contribution < 1.29 is 0 Å². The highest BCUT2D eigenvalue weighted by molar-refractivity contribution is 5.96. The van der Waals surface area contributed by atoms with Gasteiger partial charge in [0.05, 0.1) is 39.4 Å². The van der Waals surface area contributed by atoms with E-state index < -0.39 is 0 Å². The third kappa shape index (κ3) is 2.55. The van der Waals surface area contributed by atoms with E-state index in [4.69, 9.17) is 9.97 Å². The molecule has 0 atom stereocenters. The van der Waals surface area contributed by atoms with Gasteiger partial charge in [0.15, 0.2) is 0 Å². The van der Waals surface area contributed by atoms with Gasteiger partial charge in [0, 0.05) is 11.1 Å². The maximum absolute atomic E-state index is 4.83. The van der Waals surface area contributed by atoms with Crippen molar-refractivity contribution in [3.63, 3.8) is 0 Å². The predicted molar refractivity (Wildman–Crippen MR) is 124 cm³/mol. The van der Waals surface area contributed by atoms with Crippen molar-refractivity contribution in [2.75, 3.05) is 0 Å². The molecule has 0 saturated carbocycles. The molecule has 3 N–H and O–H groups in total. The Bertz CT molecular complexity index is 1700. The van der Waals surface area contributed by atoms with Gasteiger partial charge in [-0.25, -0.2) is 15.0 Å². The molecule has 0 aliphatic rings. The lowest BCUT2D eigenvalue weighted by atomic mass is 10.1. The Labute approximate surface area is 176 Å². The minimum absolute atomic E-state index is 0.833. The Morgan fingerprint density at radius 1 is 0.548 bits per heavy atom. The molecule has 6 heteroatoms. The normalized spacial score (nSPS) is 11.9. The van der Waals surface area contributed by atoms with Crippen LogP contribution >= 0.6 is 0 Å². The molecule has 0 spiro atoms. The average molecular weight is 400 g/mol. The van der Waals surface area contributed by atoms with Crippen molar-refractivity contribution in [1.29, 1.82) is 0 Å². The summed E-state index contributed by atoms with van der Waals surface area (Å²) in [7, 11) is 0. The van der Waals surface area contributed by atoms with Gasteiger partial charge in [-0.3, -0.25) is 0 Å². The highest BCUT2D eigenvalue weighted by Gasteiger charge is 2.11. The van der Waals surface area contributed by atoms with E-state index in [1.807, 2.05) is 18.2 Å². The fourth-order valence-corrected chi connectivity index (χ4v) is 4.21. The van der Waals surface area contributed by atoms with Gasteiger partial charge in [0.1, 0.15) is 11.6 Å². The molecular formula is C25H16N6. The second-order valence-corrected chi connectivity index (χ2v) is 7.75. The number of benzene rings is 4. The van der Waals surface area contributed by atoms with Crippen LogP contribution in [0, 0.1) is 0 Å². The molecule has 3 heterocycles. The summed E-state index contributed by atoms with van der Waals surface area (Å²) in [6.45, 7) is 0. The first kappa shape index (κ1) is 16.4. The molecule has 0 saturated heterocycles. The third-order valence-electron chi connectivity index (χ3n) is 5.80. The zero-order valence-electron chi connectivity index (χ0n) is 16.3. The van der Waals surface area contributed by atoms with Crippen molar-refractivity contribution in [1.82, 2.24) is 29.9 Å². The number of nitrogens with one attached hydrogen (secondary N) is 3. The van der Waals surface area contributed by atoms with Gasteiger partial charge in [-0.05, 0) is 59.3 Å². The Morgan fingerprint density at radius 2 is 1.19 bits per heavy atom. The van der Waals surface area contributed by atoms with Crippen LogP contribution in [0.2, 0.25) is 0 Å². The molecule has 31 heavy (non-hydrogen) atoms. The van der Waals surface area contributed by atoms with E-state index in [2.05, 4.69) is 74.5 Å². The van der Waals surface area contributed by atoms with Crippen LogP contribution in [0.5, 0.6) is 0 Å². The minimum atomic E-state index is 0.833. The summed E-state index contributed by atoms with van der Waals surface area (Å²) in [6, 6.07) is 24.9. The Kier molecular flexibility index (Phi) is 3.18. The van der Waals surface area contributed by atoms with E-state index >= 15 is 0 Å². The second kappa shape index (κ2) is 6.03. The number of hydrogen-bond acceptors (Lipinski definition) is 3. The molecular weight excluding hydrogens is 384 g/mol. The van der Waals surface area contributed by atoms with E-state index in [0.29, 0.717) is 0 Å². The molecule has 0 radical (unpaired) electrons. The molecule has 0 fully saturated rings. The first-order chi connectivity index (χ1) is 15.3. The van der Waals surface area contributed by atoms with E-state index in [-0.39, 0.29) is 0 Å². The van der Waals surface area contributed by atoms with Crippen molar-refractivity contribution in [2.24, 2.45) is 0 Å². The van der Waals surface area contributed by atoms with Crippen LogP contribution in [0.1, 0.15) is 0 Å². The highest BCUT2D eigenvalue weighted by atomic mass is 14.9. The van der Waals surface area contributed by atoms with Crippen molar-refractivity contribution in [2.45, 2.75) is 0 Å². The SMILES string of the molecule is c1ccc2cc3[nH]c(-c4ccc5nc(-c6ccc7nc[nH]c7c6)[nH]c5c4)nc3cc2c1. The molecule has 0 unspecified atom stereocenters. The molecule has 3 aromatic heterocycles. The number of fused-ring (bicyclic) bond motifs is 4. The van der Waals surface area contributed by atoms with Crippen LogP contribution in [0.15, 0.2) is 79.1 Å². The molecule has 146 valence electrons. The first-order valence-electron chi connectivity index (χ1n) is 10.1. The van der Waals surface area contributed by atoms with Crippen LogP contribution in [0.3, 0.4) is 0 Å². The molecule has 0 bridgehead atoms. The van der Waals surface area contributed by atoms with Crippen molar-refractivity contribution in [3.05, 3.63) is 79.1 Å². The standard InChI is InChI=1S/C25H16N6/c1-2-4-15-10-23-22(9-14(15)3-1)30-25(31-23)17-6-8-19-21(12-17)29-24(28-19)16-5-7-18-20(11-16)27-13-26-18/h1-13H,(H,26,27)(H,28,29)(H,30,31). The summed E-state index contributed by atoms with van der Waals surface area (Å²) in [5.41, 5.74) is 7.87. The number of aromatic amines is 3. The lowest BCUT2D eigenvalue weighted by Gasteiger charge is -1.96. The second-order valence-electron chi connectivity index (χ2n) is 7.75. The quantitative estimate of drug-likeness (QED) is 0.343. The van der Waals surface area contributed by atoms with E-state index in [0.717, 1.165) is 55.9 Å². The summed E-state index contributed by atoms with van der Waals surface area (Å²) in [4.78, 5) is 24.0. The maximum Gasteiger partial charge on any atom is 0.138 e. The van der Waals surface area contributed by atoms with Gasteiger partial charge in [-0.1, -0.05) is 24.3 Å². The Morgan fingerprint density at radius 3 is 2.00 bits per heavy atom. The summed E-state index contributed by atoms with van der Waals surface area (Å²) < 4.78 is 0. The predicted octanol–water partition coefficient (Wildman–Crippen LogP) is 5.80. The highest BCUT2D eigenvalue weighted by Crippen LogP contribution is 2.28. The maximum atomic E-state index is 4.83. The summed E-state index contributed by atoms with van der Waals surface area (Å²) in [5, 5.41) is 2.39. The summed E-state index contributed by atoms with van der Waals surface area (Å²) in [6.07, 6.45) is 1.70. The lowest BCUT2D eigenvalue weighted by molar-refractivity contribution is 1.33. The molecule has 6 nitrogen and oxygen atoms in total. The van der Waals surface area contributed by atoms with Crippen LogP contribution in [0.4, 0.5) is 0 Å². The number of H-pyrrole nitrogens is 3. The molecule has 7 aromatic rings. The fourth-order valence-electron chi connectivity index (χ4n) is 4.21. The van der Waals surface area contributed by atoms with E-state index in [1.54, 1.807) is 6.33 Å². The number of rotatable bonds is 2. The summed E-state index contributed by atoms with van der Waals surface area (Å²) in [5.74, 6) is 1.68. The van der Waals surface area contributed by atoms with Crippen LogP contribution in [-0.2, 0) is 0 Å². The monoisotopic (exact) mass is 400 g/mol. The molecule has 0 aliphatic heterocycles. The molecule has 0 amide bonds. The number of nitrogens with zero attached hydrogens (tertiary/aromatic N) is 3. The lowest BCUT2D eigenvalue weighted by Crippen LogP contribution is -1.81. The Hall–Kier alpha value is -4.45. The number of imidazole rings is 3. The van der Waals surface area contributed by atoms with Gasteiger partial charge >= 0.3 is 0 Å². The zero-order chi connectivity index (χ0) is 20.4. The summed E-state index contributed by atoms with van der Waals surface area (Å²) >= 11 is 0. The fraction of sp³-hybridized carbons (Fsp3) is 0. The van der Waals surface area contributed by atoms with E-state index in [1.165, 1.54) is 10.8 Å². The van der Waals surface area contributed by atoms with Gasteiger partial charge in [-0.15, -0.1) is 0 Å². The number of aromatic nitrogens is 6. The van der Waals surface area contributed by atoms with Gasteiger partial charge < -0.3 is 15.0 Å². The van der Waals surface area contributed by atoms with Crippen LogP contribution in [0.25, 0.3) is 66.6 Å². The third-order valence-corrected chi connectivity index (χ3v) is 5.80. The molecule has 0 aliphatic carbocycles. The first-order valence-corrected chi connectivity index (χ1v) is 10.1. The molecule has 4 aromatic carbocycles. The zero-order valence-corrected chi connectivity index (χ0v) is 16.3. The minimum Gasteiger partial charge on any atom is -0.345 e. The largest absolute Gasteiger partial charge is 0.345 e. The van der Waals surface area contributed by atoms with Gasteiger partial charge in [-0.2, -0.15) is 0 Å². The van der Waals surface area contributed by atoms with Gasteiger partial charge in [0.25, 0.3) is 0 Å². The van der Waals surface area contributed by atoms with Crippen molar-refractivity contribution >= 4 is 43.9 Å². The smallest absolute Gasteiger partial charge is 0.138 e. The topological polar surface area (TPSA) is 86.0 Å². The van der Waals surface area contributed by atoms with Crippen molar-refractivity contribution in [3.8, 4) is 22.8 Å². The van der Waals surface area contributed by atoms with Crippen LogP contribution in [-0.4, -0.2) is 29.9 Å². The van der Waals surface area contributed by atoms with E-state index in [9.17, 15) is 0 Å². The molecule has 7 rings (SSSR count). The van der Waals surface area contributed by atoms with Gasteiger partial charge in [0.2, 0.25) is 0 Å².